The van der Waals surface area contributed by atoms with E-state index in [0.29, 0.717) is 11.1 Å². The maximum Gasteiger partial charge on any atom is 0.338 e. The summed E-state index contributed by atoms with van der Waals surface area (Å²) in [5.74, 6) is -0.777. The highest BCUT2D eigenvalue weighted by molar-refractivity contribution is 5.89. The van der Waals surface area contributed by atoms with Crippen molar-refractivity contribution >= 4 is 11.9 Å². The predicted octanol–water partition coefficient (Wildman–Crippen LogP) is 3.49. The molecule has 0 saturated heterocycles. The third-order valence-corrected chi connectivity index (χ3v) is 3.34. The van der Waals surface area contributed by atoms with Crippen molar-refractivity contribution in [3.05, 3.63) is 71.8 Å². The fraction of sp³-hybridized carbons (Fsp3) is 0.300. The van der Waals surface area contributed by atoms with E-state index in [1.165, 1.54) is 0 Å². The standard InChI is InChI=1S/C20H22O5/c1-15(24-19(21)17-9-5-3-6-10-17)13-23-14-16(2)25-20(22)18-11-7-4-8-12-18/h3-12,15-16H,13-14H2,1-2H3/t15-,16-/m1/s1. The summed E-state index contributed by atoms with van der Waals surface area (Å²) >= 11 is 0. The van der Waals surface area contributed by atoms with Gasteiger partial charge in [0.15, 0.2) is 0 Å². The van der Waals surface area contributed by atoms with Gasteiger partial charge in [-0.15, -0.1) is 0 Å². The summed E-state index contributed by atoms with van der Waals surface area (Å²) in [7, 11) is 0. The summed E-state index contributed by atoms with van der Waals surface area (Å²) in [6, 6.07) is 17.6. The Morgan fingerprint density at radius 3 is 1.44 bits per heavy atom. The SMILES string of the molecule is C[C@H](COC[C@@H](C)OC(=O)c1ccccc1)OC(=O)c1ccccc1. The third-order valence-electron chi connectivity index (χ3n) is 3.34. The molecule has 0 bridgehead atoms. The number of ether oxygens (including phenoxy) is 3. The Morgan fingerprint density at radius 2 is 1.08 bits per heavy atom. The summed E-state index contributed by atoms with van der Waals surface area (Å²) in [6.45, 7) is 3.96. The molecule has 0 aliphatic heterocycles. The smallest absolute Gasteiger partial charge is 0.338 e. The minimum Gasteiger partial charge on any atom is -0.457 e. The van der Waals surface area contributed by atoms with E-state index < -0.39 is 12.2 Å². The quantitative estimate of drug-likeness (QED) is 0.687. The molecule has 0 amide bonds. The molecule has 5 nitrogen and oxygen atoms in total. The van der Waals surface area contributed by atoms with Gasteiger partial charge in [0, 0.05) is 0 Å². The van der Waals surface area contributed by atoms with Crippen molar-refractivity contribution in [1.82, 2.24) is 0 Å². The van der Waals surface area contributed by atoms with E-state index in [4.69, 9.17) is 14.2 Å². The van der Waals surface area contributed by atoms with Crippen LogP contribution >= 0.6 is 0 Å². The van der Waals surface area contributed by atoms with Crippen LogP contribution in [-0.2, 0) is 14.2 Å². The maximum absolute atomic E-state index is 11.9. The van der Waals surface area contributed by atoms with Crippen LogP contribution in [0.15, 0.2) is 60.7 Å². The van der Waals surface area contributed by atoms with Gasteiger partial charge in [0.05, 0.1) is 24.3 Å². The molecule has 132 valence electrons. The topological polar surface area (TPSA) is 61.8 Å². The maximum atomic E-state index is 11.9. The molecule has 2 rings (SSSR count). The van der Waals surface area contributed by atoms with Crippen molar-refractivity contribution in [2.24, 2.45) is 0 Å². The van der Waals surface area contributed by atoms with Crippen LogP contribution in [-0.4, -0.2) is 37.4 Å². The summed E-state index contributed by atoms with van der Waals surface area (Å²) in [6.07, 6.45) is -0.797. The van der Waals surface area contributed by atoms with Crippen molar-refractivity contribution in [2.45, 2.75) is 26.1 Å². The Hall–Kier alpha value is -2.66. The summed E-state index contributed by atoms with van der Waals surface area (Å²) in [5, 5.41) is 0. The number of esters is 2. The van der Waals surface area contributed by atoms with Crippen molar-refractivity contribution in [3.63, 3.8) is 0 Å². The van der Waals surface area contributed by atoms with Crippen LogP contribution in [0.1, 0.15) is 34.6 Å². The first-order valence-electron chi connectivity index (χ1n) is 8.16. The number of benzene rings is 2. The van der Waals surface area contributed by atoms with Gasteiger partial charge in [0.2, 0.25) is 0 Å². The third kappa shape index (κ3) is 6.39. The number of rotatable bonds is 8. The van der Waals surface area contributed by atoms with E-state index in [1.807, 2.05) is 12.1 Å². The molecule has 0 saturated carbocycles. The van der Waals surface area contributed by atoms with Crippen molar-refractivity contribution in [3.8, 4) is 0 Å². The molecule has 2 aromatic rings. The van der Waals surface area contributed by atoms with Crippen LogP contribution in [0.3, 0.4) is 0 Å². The fourth-order valence-electron chi connectivity index (χ4n) is 2.12. The highest BCUT2D eigenvalue weighted by atomic mass is 16.6. The molecule has 0 fully saturated rings. The van der Waals surface area contributed by atoms with E-state index in [9.17, 15) is 9.59 Å². The molecule has 0 aromatic heterocycles. The largest absolute Gasteiger partial charge is 0.457 e. The molecule has 25 heavy (non-hydrogen) atoms. The van der Waals surface area contributed by atoms with Gasteiger partial charge in [0.1, 0.15) is 12.2 Å². The Kier molecular flexibility index (Phi) is 7.16. The van der Waals surface area contributed by atoms with Gasteiger partial charge in [-0.05, 0) is 38.1 Å². The Labute approximate surface area is 147 Å². The van der Waals surface area contributed by atoms with Gasteiger partial charge in [-0.3, -0.25) is 0 Å². The van der Waals surface area contributed by atoms with Gasteiger partial charge in [-0.25, -0.2) is 9.59 Å². The molecule has 0 aliphatic carbocycles. The zero-order chi connectivity index (χ0) is 18.1. The molecular weight excluding hydrogens is 320 g/mol. The van der Waals surface area contributed by atoms with E-state index >= 15 is 0 Å². The Balaban J connectivity index is 1.67. The minimum absolute atomic E-state index is 0.228. The van der Waals surface area contributed by atoms with E-state index in [1.54, 1.807) is 62.4 Å². The number of carbonyl (C=O) groups is 2. The summed E-state index contributed by atoms with van der Waals surface area (Å²) in [5.41, 5.74) is 0.999. The van der Waals surface area contributed by atoms with Crippen molar-refractivity contribution in [1.29, 1.82) is 0 Å². The fourth-order valence-corrected chi connectivity index (χ4v) is 2.12. The zero-order valence-electron chi connectivity index (χ0n) is 14.4. The molecule has 2 atom stereocenters. The normalized spacial score (nSPS) is 12.9. The lowest BCUT2D eigenvalue weighted by Gasteiger charge is -2.17. The average Bonchev–Trinajstić information content (AvgIpc) is 2.63. The monoisotopic (exact) mass is 342 g/mol. The van der Waals surface area contributed by atoms with Gasteiger partial charge in [0.25, 0.3) is 0 Å². The van der Waals surface area contributed by atoms with Gasteiger partial charge >= 0.3 is 11.9 Å². The number of hydrogen-bond donors (Lipinski definition) is 0. The van der Waals surface area contributed by atoms with Crippen LogP contribution in [0, 0.1) is 0 Å². The summed E-state index contributed by atoms with van der Waals surface area (Å²) in [4.78, 5) is 23.8. The molecule has 0 unspecified atom stereocenters. The second-order valence-electron chi connectivity index (χ2n) is 5.70. The predicted molar refractivity (Wildman–Crippen MR) is 93.5 cm³/mol. The van der Waals surface area contributed by atoms with Crippen LogP contribution in [0.2, 0.25) is 0 Å². The highest BCUT2D eigenvalue weighted by Gasteiger charge is 2.14. The zero-order valence-corrected chi connectivity index (χ0v) is 14.4. The van der Waals surface area contributed by atoms with Crippen LogP contribution in [0.4, 0.5) is 0 Å². The lowest BCUT2D eigenvalue weighted by atomic mass is 10.2. The molecule has 5 heteroatoms. The first-order valence-corrected chi connectivity index (χ1v) is 8.16. The van der Waals surface area contributed by atoms with E-state index in [-0.39, 0.29) is 25.2 Å². The highest BCUT2D eigenvalue weighted by Crippen LogP contribution is 2.06. The second-order valence-corrected chi connectivity index (χ2v) is 5.70. The van der Waals surface area contributed by atoms with Crippen LogP contribution in [0.25, 0.3) is 0 Å². The van der Waals surface area contributed by atoms with Crippen LogP contribution < -0.4 is 0 Å². The number of carbonyl (C=O) groups excluding carboxylic acids is 2. The molecular formula is C20H22O5. The lowest BCUT2D eigenvalue weighted by Crippen LogP contribution is -2.25. The Morgan fingerprint density at radius 1 is 0.720 bits per heavy atom. The average molecular weight is 342 g/mol. The molecule has 0 aliphatic rings. The van der Waals surface area contributed by atoms with E-state index in [2.05, 4.69) is 0 Å². The first kappa shape index (κ1) is 18.7. The van der Waals surface area contributed by atoms with Crippen molar-refractivity contribution in [2.75, 3.05) is 13.2 Å². The Bertz CT molecular complexity index is 610. The minimum atomic E-state index is -0.398. The second kappa shape index (κ2) is 9.59. The van der Waals surface area contributed by atoms with Gasteiger partial charge in [-0.1, -0.05) is 36.4 Å². The van der Waals surface area contributed by atoms with Crippen LogP contribution in [0.5, 0.6) is 0 Å². The van der Waals surface area contributed by atoms with Crippen molar-refractivity contribution < 1.29 is 23.8 Å². The molecule has 0 heterocycles. The van der Waals surface area contributed by atoms with Gasteiger partial charge < -0.3 is 14.2 Å². The number of hydrogen-bond acceptors (Lipinski definition) is 5. The molecule has 0 spiro atoms. The van der Waals surface area contributed by atoms with E-state index in [0.717, 1.165) is 0 Å². The molecule has 2 aromatic carbocycles. The lowest BCUT2D eigenvalue weighted by molar-refractivity contribution is -0.0262. The molecule has 0 N–H and O–H groups in total. The summed E-state index contributed by atoms with van der Waals surface area (Å²) < 4.78 is 16.1. The molecule has 0 radical (unpaired) electrons. The first-order chi connectivity index (χ1) is 12.1. The van der Waals surface area contributed by atoms with Gasteiger partial charge in [-0.2, -0.15) is 0 Å².